The summed E-state index contributed by atoms with van der Waals surface area (Å²) in [6.07, 6.45) is 0. The molecule has 6 heteroatoms. The number of amides is 1. The van der Waals surface area contributed by atoms with E-state index < -0.39 is 0 Å². The van der Waals surface area contributed by atoms with Gasteiger partial charge in [0.25, 0.3) is 5.91 Å². The lowest BCUT2D eigenvalue weighted by molar-refractivity contribution is 0.0735. The Balaban J connectivity index is 1.66. The highest BCUT2D eigenvalue weighted by Gasteiger charge is 2.19. The normalized spacial score (nSPS) is 10.9. The molecule has 0 spiro atoms. The highest BCUT2D eigenvalue weighted by molar-refractivity contribution is 7.12. The predicted molar refractivity (Wildman–Crippen MR) is 122 cm³/mol. The largest absolute Gasteiger partial charge is 0.497 e. The zero-order chi connectivity index (χ0) is 21.1. The molecule has 0 unspecified atom stereocenters. The molecule has 4 aromatic rings. The number of aromatic nitrogens is 1. The minimum absolute atomic E-state index is 0.0270. The maximum Gasteiger partial charge on any atom is 0.264 e. The van der Waals surface area contributed by atoms with Crippen LogP contribution in [-0.2, 0) is 13.1 Å². The van der Waals surface area contributed by atoms with Crippen molar-refractivity contribution in [2.45, 2.75) is 20.0 Å². The van der Waals surface area contributed by atoms with Crippen LogP contribution in [-0.4, -0.2) is 22.9 Å². The zero-order valence-electron chi connectivity index (χ0n) is 16.8. The molecule has 0 bridgehead atoms. The minimum atomic E-state index is -0.0270. The second-order valence-corrected chi connectivity index (χ2v) is 8.43. The van der Waals surface area contributed by atoms with Crippen LogP contribution in [0.3, 0.4) is 0 Å². The Morgan fingerprint density at radius 3 is 2.60 bits per heavy atom. The molecule has 0 aliphatic carbocycles. The molecule has 0 fully saturated rings. The number of nitrogens with zero attached hydrogens (tertiary/aromatic N) is 2. The molecule has 2 heterocycles. The number of pyridine rings is 1. The summed E-state index contributed by atoms with van der Waals surface area (Å²) < 4.78 is 5.24. The summed E-state index contributed by atoms with van der Waals surface area (Å²) in [5.41, 5.74) is 3.83. The molecule has 0 saturated heterocycles. The number of hydrogen-bond donors (Lipinski definition) is 0. The molecule has 2 aromatic carbocycles. The SMILES string of the molecule is COc1ccc(CN(Cc2cc3ccc(C)cc3nc2Cl)C(=O)c2cccs2)cc1. The van der Waals surface area contributed by atoms with E-state index in [4.69, 9.17) is 16.3 Å². The molecule has 0 saturated carbocycles. The summed E-state index contributed by atoms with van der Waals surface area (Å²) in [7, 11) is 1.64. The summed E-state index contributed by atoms with van der Waals surface area (Å²) in [5, 5.41) is 3.34. The Bertz CT molecular complexity index is 1170. The van der Waals surface area contributed by atoms with Gasteiger partial charge in [0.05, 0.1) is 17.5 Å². The second kappa shape index (κ2) is 8.86. The van der Waals surface area contributed by atoms with Gasteiger partial charge in [-0.1, -0.05) is 41.9 Å². The van der Waals surface area contributed by atoms with Crippen LogP contribution >= 0.6 is 22.9 Å². The van der Waals surface area contributed by atoms with Crippen LogP contribution in [0.1, 0.15) is 26.4 Å². The molecule has 0 radical (unpaired) electrons. The number of carbonyl (C=O) groups is 1. The van der Waals surface area contributed by atoms with Crippen molar-refractivity contribution < 1.29 is 9.53 Å². The van der Waals surface area contributed by atoms with Gasteiger partial charge in [-0.25, -0.2) is 4.98 Å². The lowest BCUT2D eigenvalue weighted by Crippen LogP contribution is -2.29. The summed E-state index contributed by atoms with van der Waals surface area (Å²) in [4.78, 5) is 20.3. The fourth-order valence-electron chi connectivity index (χ4n) is 3.32. The summed E-state index contributed by atoms with van der Waals surface area (Å²) >= 11 is 7.94. The first kappa shape index (κ1) is 20.4. The first-order valence-electron chi connectivity index (χ1n) is 9.55. The average molecular weight is 437 g/mol. The molecule has 0 atom stereocenters. The summed E-state index contributed by atoms with van der Waals surface area (Å²) in [6.45, 7) is 2.86. The Morgan fingerprint density at radius 2 is 1.90 bits per heavy atom. The number of ether oxygens (including phenoxy) is 1. The average Bonchev–Trinajstić information content (AvgIpc) is 3.29. The van der Waals surface area contributed by atoms with Crippen LogP contribution in [0.25, 0.3) is 10.9 Å². The van der Waals surface area contributed by atoms with Crippen molar-refractivity contribution in [3.8, 4) is 5.75 Å². The molecule has 2 aromatic heterocycles. The maximum atomic E-state index is 13.2. The van der Waals surface area contributed by atoms with Crippen molar-refractivity contribution in [2.75, 3.05) is 7.11 Å². The van der Waals surface area contributed by atoms with Gasteiger partial charge in [0.2, 0.25) is 0 Å². The molecule has 0 aliphatic heterocycles. The lowest BCUT2D eigenvalue weighted by atomic mass is 10.1. The van der Waals surface area contributed by atoms with Gasteiger partial charge in [0.15, 0.2) is 0 Å². The summed E-state index contributed by atoms with van der Waals surface area (Å²) in [5.74, 6) is 0.757. The standard InChI is InChI=1S/C24H21ClN2O2S/c1-16-5-8-18-13-19(23(25)26-21(18)12-16)15-27(24(28)22-4-3-11-30-22)14-17-6-9-20(29-2)10-7-17/h3-13H,14-15H2,1-2H3. The van der Waals surface area contributed by atoms with E-state index >= 15 is 0 Å². The number of aryl methyl sites for hydroxylation is 1. The van der Waals surface area contributed by atoms with E-state index in [0.29, 0.717) is 23.1 Å². The smallest absolute Gasteiger partial charge is 0.264 e. The minimum Gasteiger partial charge on any atom is -0.497 e. The van der Waals surface area contributed by atoms with Crippen LogP contribution in [0.4, 0.5) is 0 Å². The fourth-order valence-corrected chi connectivity index (χ4v) is 4.22. The molecule has 1 amide bonds. The van der Waals surface area contributed by atoms with Crippen molar-refractivity contribution in [3.05, 3.63) is 92.8 Å². The molecule has 4 nitrogen and oxygen atoms in total. The first-order valence-corrected chi connectivity index (χ1v) is 10.8. The van der Waals surface area contributed by atoms with Gasteiger partial charge in [-0.3, -0.25) is 4.79 Å². The van der Waals surface area contributed by atoms with E-state index in [1.165, 1.54) is 11.3 Å². The fraction of sp³-hybridized carbons (Fsp3) is 0.167. The van der Waals surface area contributed by atoms with E-state index in [1.807, 2.05) is 73.0 Å². The van der Waals surface area contributed by atoms with E-state index in [2.05, 4.69) is 4.98 Å². The van der Waals surface area contributed by atoms with E-state index in [1.54, 1.807) is 12.0 Å². The Morgan fingerprint density at radius 1 is 1.10 bits per heavy atom. The number of halogens is 1. The molecular formula is C24H21ClN2O2S. The van der Waals surface area contributed by atoms with Gasteiger partial charge >= 0.3 is 0 Å². The number of benzene rings is 2. The van der Waals surface area contributed by atoms with Crippen molar-refractivity contribution in [1.29, 1.82) is 0 Å². The second-order valence-electron chi connectivity index (χ2n) is 7.12. The van der Waals surface area contributed by atoms with Crippen LogP contribution in [0.5, 0.6) is 5.75 Å². The van der Waals surface area contributed by atoms with Crippen LogP contribution < -0.4 is 4.74 Å². The molecule has 4 rings (SSSR count). The van der Waals surface area contributed by atoms with Crippen molar-refractivity contribution in [3.63, 3.8) is 0 Å². The van der Waals surface area contributed by atoms with Gasteiger partial charge in [-0.15, -0.1) is 11.3 Å². The van der Waals surface area contributed by atoms with Crippen LogP contribution in [0.2, 0.25) is 5.15 Å². The number of carbonyl (C=O) groups excluding carboxylic acids is 1. The maximum absolute atomic E-state index is 13.2. The van der Waals surface area contributed by atoms with Crippen molar-refractivity contribution in [1.82, 2.24) is 9.88 Å². The van der Waals surface area contributed by atoms with Crippen molar-refractivity contribution >= 4 is 39.7 Å². The van der Waals surface area contributed by atoms with Crippen molar-refractivity contribution in [2.24, 2.45) is 0 Å². The molecule has 0 N–H and O–H groups in total. The number of rotatable bonds is 6. The lowest BCUT2D eigenvalue weighted by Gasteiger charge is -2.23. The van der Waals surface area contributed by atoms with Gasteiger partial charge in [-0.2, -0.15) is 0 Å². The van der Waals surface area contributed by atoms with E-state index in [0.717, 1.165) is 33.3 Å². The monoisotopic (exact) mass is 436 g/mol. The topological polar surface area (TPSA) is 42.4 Å². The quantitative estimate of drug-likeness (QED) is 0.342. The third-order valence-corrected chi connectivity index (χ3v) is 6.10. The third-order valence-electron chi connectivity index (χ3n) is 4.91. The van der Waals surface area contributed by atoms with Crippen LogP contribution in [0, 0.1) is 6.92 Å². The molecular weight excluding hydrogens is 416 g/mol. The molecule has 30 heavy (non-hydrogen) atoms. The summed E-state index contributed by atoms with van der Waals surface area (Å²) in [6, 6.07) is 19.6. The molecule has 152 valence electrons. The first-order chi connectivity index (χ1) is 14.5. The van der Waals surface area contributed by atoms with Gasteiger partial charge < -0.3 is 9.64 Å². The molecule has 0 aliphatic rings. The number of thiophene rings is 1. The number of fused-ring (bicyclic) bond motifs is 1. The predicted octanol–water partition coefficient (Wildman–Crippen LogP) is 6.11. The number of hydrogen-bond acceptors (Lipinski definition) is 4. The zero-order valence-corrected chi connectivity index (χ0v) is 18.3. The Labute approximate surface area is 184 Å². The highest BCUT2D eigenvalue weighted by atomic mass is 35.5. The highest BCUT2D eigenvalue weighted by Crippen LogP contribution is 2.25. The van der Waals surface area contributed by atoms with E-state index in [9.17, 15) is 4.79 Å². The number of methoxy groups -OCH3 is 1. The Hall–Kier alpha value is -2.89. The van der Waals surface area contributed by atoms with Gasteiger partial charge in [0, 0.05) is 24.0 Å². The van der Waals surface area contributed by atoms with Gasteiger partial charge in [0.1, 0.15) is 10.9 Å². The van der Waals surface area contributed by atoms with E-state index in [-0.39, 0.29) is 5.91 Å². The van der Waals surface area contributed by atoms with Crippen LogP contribution in [0.15, 0.2) is 66.0 Å². The third kappa shape index (κ3) is 4.48. The van der Waals surface area contributed by atoms with Gasteiger partial charge in [-0.05, 0) is 53.8 Å². The Kier molecular flexibility index (Phi) is 6.02.